The van der Waals surface area contributed by atoms with E-state index in [1.807, 2.05) is 5.43 Å². The average Bonchev–Trinajstić information content (AvgIpc) is 3.12. The second-order valence-corrected chi connectivity index (χ2v) is 7.84. The monoisotopic (exact) mass is 519 g/mol. The first-order chi connectivity index (χ1) is 14.7. The van der Waals surface area contributed by atoms with Crippen LogP contribution in [0, 0.1) is 0 Å². The molecule has 0 bridgehead atoms. The van der Waals surface area contributed by atoms with Crippen LogP contribution in [0.1, 0.15) is 17.5 Å². The van der Waals surface area contributed by atoms with Gasteiger partial charge in [-0.05, 0) is 30.3 Å². The summed E-state index contributed by atoms with van der Waals surface area (Å²) >= 11 is 17.6. The number of hydrazine groups is 1. The number of nitrogens with one attached hydrogen (secondary N) is 2. The van der Waals surface area contributed by atoms with Gasteiger partial charge in [0.15, 0.2) is 0 Å². The molecule has 1 amide bonds. The van der Waals surface area contributed by atoms with Crippen LogP contribution in [0.5, 0.6) is 0 Å². The molecule has 1 unspecified atom stereocenters. The van der Waals surface area contributed by atoms with Gasteiger partial charge in [-0.2, -0.15) is 26.3 Å². The summed E-state index contributed by atoms with van der Waals surface area (Å²) in [4.78, 5) is 15.8. The Labute approximate surface area is 191 Å². The highest BCUT2D eigenvalue weighted by atomic mass is 35.5. The summed E-state index contributed by atoms with van der Waals surface area (Å²) in [5.74, 6) is -2.30. The largest absolute Gasteiger partial charge is 0.472 e. The van der Waals surface area contributed by atoms with Gasteiger partial charge < -0.3 is 4.84 Å². The minimum absolute atomic E-state index is 0.0495. The van der Waals surface area contributed by atoms with E-state index in [4.69, 9.17) is 39.6 Å². The number of carbonyl (C=O) groups excluding carboxylic acids is 1. The van der Waals surface area contributed by atoms with E-state index in [-0.39, 0.29) is 37.6 Å². The van der Waals surface area contributed by atoms with E-state index in [0.717, 1.165) is 18.2 Å². The van der Waals surface area contributed by atoms with Crippen molar-refractivity contribution in [2.75, 3.05) is 5.43 Å². The normalized spacial score (nSPS) is 18.7. The Balaban J connectivity index is 1.91. The van der Waals surface area contributed by atoms with Crippen molar-refractivity contribution >= 4 is 52.1 Å². The van der Waals surface area contributed by atoms with E-state index in [2.05, 4.69) is 5.16 Å². The van der Waals surface area contributed by atoms with Crippen molar-refractivity contribution in [2.24, 2.45) is 5.16 Å². The number of anilines is 1. The fourth-order valence-electron chi connectivity index (χ4n) is 2.84. The lowest BCUT2D eigenvalue weighted by Crippen LogP contribution is -2.42. The number of alkyl halides is 6. The molecule has 32 heavy (non-hydrogen) atoms. The summed E-state index contributed by atoms with van der Waals surface area (Å²) in [6, 6.07) is 6.93. The van der Waals surface area contributed by atoms with Crippen LogP contribution in [-0.2, 0) is 15.2 Å². The van der Waals surface area contributed by atoms with E-state index in [1.54, 1.807) is 0 Å². The quantitative estimate of drug-likeness (QED) is 0.371. The van der Waals surface area contributed by atoms with Crippen LogP contribution in [0.15, 0.2) is 41.6 Å². The number of rotatable bonds is 4. The summed E-state index contributed by atoms with van der Waals surface area (Å²) in [6.45, 7) is 0. The van der Waals surface area contributed by atoms with Crippen molar-refractivity contribution in [1.29, 1.82) is 0 Å². The zero-order valence-corrected chi connectivity index (χ0v) is 17.6. The summed E-state index contributed by atoms with van der Waals surface area (Å²) < 4.78 is 79.2. The molecule has 0 spiro atoms. The van der Waals surface area contributed by atoms with Gasteiger partial charge in [0.25, 0.3) is 5.60 Å². The number of nitrogens with zero attached hydrogens (tertiary/aromatic N) is 1. The molecular weight excluding hydrogens is 511 g/mol. The maximum absolute atomic E-state index is 14.0. The molecule has 5 nitrogen and oxygen atoms in total. The lowest BCUT2D eigenvalue weighted by atomic mass is 9.86. The first kappa shape index (κ1) is 24.3. The number of hydrogen-bond acceptors (Lipinski definition) is 4. The van der Waals surface area contributed by atoms with Crippen LogP contribution in [0.3, 0.4) is 0 Å². The standard InChI is InChI=1S/C18H10Cl3F6N3O2/c19-10-4-9(5-11(20)6-10)16(18(25,26)27)7-14(30-32-16)8-1-2-12(21)13(3-8)28-29-15(31)17(22,23)24/h1-6,28H,7H2,(H,29,31). The predicted molar refractivity (Wildman–Crippen MR) is 106 cm³/mol. The van der Waals surface area contributed by atoms with Crippen molar-refractivity contribution < 1.29 is 36.0 Å². The SMILES string of the molecule is O=C(NNc1cc(C2=NOC(c3cc(Cl)cc(Cl)c3)(C(F)(F)F)C2)ccc1Cl)C(F)(F)F. The van der Waals surface area contributed by atoms with Gasteiger partial charge in [-0.25, -0.2) is 0 Å². The third-order valence-corrected chi connectivity index (χ3v) is 5.15. The third-order valence-electron chi connectivity index (χ3n) is 4.38. The van der Waals surface area contributed by atoms with Gasteiger partial charge in [-0.15, -0.1) is 0 Å². The van der Waals surface area contributed by atoms with Crippen LogP contribution >= 0.6 is 34.8 Å². The van der Waals surface area contributed by atoms with Crippen molar-refractivity contribution in [3.8, 4) is 0 Å². The average molecular weight is 521 g/mol. The number of amides is 1. The molecule has 0 aromatic heterocycles. The molecule has 1 atom stereocenters. The van der Waals surface area contributed by atoms with Gasteiger partial charge in [0, 0.05) is 27.6 Å². The van der Waals surface area contributed by atoms with Crippen LogP contribution in [0.4, 0.5) is 32.0 Å². The number of oxime groups is 1. The Kier molecular flexibility index (Phi) is 6.47. The number of carbonyl (C=O) groups is 1. The van der Waals surface area contributed by atoms with E-state index >= 15 is 0 Å². The molecule has 1 aliphatic heterocycles. The molecule has 0 aliphatic carbocycles. The van der Waals surface area contributed by atoms with E-state index in [9.17, 15) is 31.1 Å². The molecule has 0 saturated carbocycles. The molecule has 14 heteroatoms. The second kappa shape index (κ2) is 8.53. The van der Waals surface area contributed by atoms with Crippen LogP contribution < -0.4 is 10.9 Å². The van der Waals surface area contributed by atoms with E-state index < -0.39 is 30.3 Å². The minimum atomic E-state index is -5.16. The molecule has 0 fully saturated rings. The summed E-state index contributed by atoms with van der Waals surface area (Å²) in [7, 11) is 0. The first-order valence-electron chi connectivity index (χ1n) is 8.44. The molecule has 2 aromatic carbocycles. The zero-order valence-electron chi connectivity index (χ0n) is 15.3. The Bertz CT molecular complexity index is 1070. The van der Waals surface area contributed by atoms with Crippen molar-refractivity contribution in [3.05, 3.63) is 62.6 Å². The number of hydrogen-bond donors (Lipinski definition) is 2. The van der Waals surface area contributed by atoms with Gasteiger partial charge in [-0.3, -0.25) is 15.6 Å². The van der Waals surface area contributed by atoms with E-state index in [1.165, 1.54) is 23.6 Å². The Morgan fingerprint density at radius 2 is 1.62 bits per heavy atom. The van der Waals surface area contributed by atoms with Crippen molar-refractivity contribution in [2.45, 2.75) is 24.4 Å². The topological polar surface area (TPSA) is 62.7 Å². The van der Waals surface area contributed by atoms with Crippen molar-refractivity contribution in [1.82, 2.24) is 5.43 Å². The number of benzene rings is 2. The Morgan fingerprint density at radius 3 is 2.19 bits per heavy atom. The van der Waals surface area contributed by atoms with Crippen molar-refractivity contribution in [3.63, 3.8) is 0 Å². The first-order valence-corrected chi connectivity index (χ1v) is 9.58. The molecule has 2 N–H and O–H groups in total. The predicted octanol–water partition coefficient (Wildman–Crippen LogP) is 6.23. The lowest BCUT2D eigenvalue weighted by Gasteiger charge is -2.29. The Morgan fingerprint density at radius 1 is 1.00 bits per heavy atom. The fourth-order valence-corrected chi connectivity index (χ4v) is 3.53. The molecule has 1 aliphatic rings. The maximum Gasteiger partial charge on any atom is 0.472 e. The highest BCUT2D eigenvalue weighted by Gasteiger charge is 2.62. The molecule has 2 aromatic rings. The van der Waals surface area contributed by atoms with Gasteiger partial charge in [0.05, 0.1) is 16.4 Å². The molecule has 0 saturated heterocycles. The molecule has 0 radical (unpaired) electrons. The Hall–Kier alpha value is -2.37. The number of halogens is 9. The second-order valence-electron chi connectivity index (χ2n) is 6.56. The maximum atomic E-state index is 14.0. The highest BCUT2D eigenvalue weighted by molar-refractivity contribution is 6.34. The molecule has 172 valence electrons. The third kappa shape index (κ3) is 4.84. The smallest absolute Gasteiger partial charge is 0.374 e. The highest BCUT2D eigenvalue weighted by Crippen LogP contribution is 2.49. The van der Waals surface area contributed by atoms with Gasteiger partial charge in [0.1, 0.15) is 0 Å². The summed E-state index contributed by atoms with van der Waals surface area (Å²) in [5.41, 5.74) is -0.239. The lowest BCUT2D eigenvalue weighted by molar-refractivity contribution is -0.275. The van der Waals surface area contributed by atoms with Crippen LogP contribution in [-0.4, -0.2) is 24.0 Å². The van der Waals surface area contributed by atoms with Gasteiger partial charge in [-0.1, -0.05) is 46.0 Å². The van der Waals surface area contributed by atoms with Crippen LogP contribution in [0.25, 0.3) is 0 Å². The minimum Gasteiger partial charge on any atom is -0.374 e. The molecule has 3 rings (SSSR count). The van der Waals surface area contributed by atoms with Crippen LogP contribution in [0.2, 0.25) is 15.1 Å². The van der Waals surface area contributed by atoms with E-state index in [0.29, 0.717) is 0 Å². The fraction of sp³-hybridized carbons (Fsp3) is 0.222. The van der Waals surface area contributed by atoms with Gasteiger partial charge in [0.2, 0.25) is 0 Å². The summed E-state index contributed by atoms with van der Waals surface area (Å²) in [5, 5.41) is 3.33. The summed E-state index contributed by atoms with van der Waals surface area (Å²) in [6.07, 6.45) is -10.9. The zero-order chi connectivity index (χ0) is 23.9. The molecule has 1 heterocycles. The molecular formula is C18H10Cl3F6N3O2. The van der Waals surface area contributed by atoms with Gasteiger partial charge >= 0.3 is 18.3 Å².